The van der Waals surface area contributed by atoms with Crippen LogP contribution >= 0.6 is 0 Å². The van der Waals surface area contributed by atoms with Gasteiger partial charge in [-0.2, -0.15) is 0 Å². The molecule has 0 saturated carbocycles. The molecule has 1 rings (SSSR count). The van der Waals surface area contributed by atoms with Crippen molar-refractivity contribution in [3.05, 3.63) is 35.1 Å². The Kier molecular flexibility index (Phi) is 8.42. The zero-order valence-electron chi connectivity index (χ0n) is 12.7. The molecule has 0 atom stereocenters. The SMILES string of the molecule is CCNCc1ccc(F)c(COCCOCC(C)C)c1. The van der Waals surface area contributed by atoms with Crippen LogP contribution in [0.25, 0.3) is 0 Å². The molecular formula is C16H26FNO2. The van der Waals surface area contributed by atoms with E-state index < -0.39 is 0 Å². The molecule has 1 aromatic rings. The van der Waals surface area contributed by atoms with Crippen LogP contribution < -0.4 is 5.32 Å². The maximum absolute atomic E-state index is 13.6. The van der Waals surface area contributed by atoms with Crippen LogP contribution in [0.4, 0.5) is 4.39 Å². The van der Waals surface area contributed by atoms with E-state index in [9.17, 15) is 4.39 Å². The Morgan fingerprint density at radius 3 is 2.65 bits per heavy atom. The molecule has 0 unspecified atom stereocenters. The number of ether oxygens (including phenoxy) is 2. The van der Waals surface area contributed by atoms with Gasteiger partial charge in [-0.15, -0.1) is 0 Å². The highest BCUT2D eigenvalue weighted by atomic mass is 19.1. The molecule has 0 aliphatic carbocycles. The zero-order chi connectivity index (χ0) is 14.8. The molecule has 0 saturated heterocycles. The number of halogens is 1. The van der Waals surface area contributed by atoms with Crippen molar-refractivity contribution in [2.45, 2.75) is 33.9 Å². The minimum Gasteiger partial charge on any atom is -0.379 e. The molecular weight excluding hydrogens is 257 g/mol. The summed E-state index contributed by atoms with van der Waals surface area (Å²) in [6.45, 7) is 9.97. The average Bonchev–Trinajstić information content (AvgIpc) is 2.42. The van der Waals surface area contributed by atoms with Gasteiger partial charge in [-0.05, 0) is 30.2 Å². The van der Waals surface area contributed by atoms with Gasteiger partial charge in [-0.3, -0.25) is 0 Å². The van der Waals surface area contributed by atoms with Gasteiger partial charge in [0.1, 0.15) is 5.82 Å². The van der Waals surface area contributed by atoms with Crippen LogP contribution in [0, 0.1) is 11.7 Å². The Balaban J connectivity index is 2.31. The number of hydrogen-bond acceptors (Lipinski definition) is 3. The summed E-state index contributed by atoms with van der Waals surface area (Å²) in [4.78, 5) is 0. The standard InChI is InChI=1S/C16H26FNO2/c1-4-18-10-14-5-6-16(17)15(9-14)12-20-8-7-19-11-13(2)3/h5-6,9,13,18H,4,7-8,10-12H2,1-3H3. The zero-order valence-corrected chi connectivity index (χ0v) is 12.7. The predicted molar refractivity (Wildman–Crippen MR) is 79.1 cm³/mol. The molecule has 0 aromatic heterocycles. The van der Waals surface area contributed by atoms with Crippen LogP contribution in [0.2, 0.25) is 0 Å². The maximum atomic E-state index is 13.6. The summed E-state index contributed by atoms with van der Waals surface area (Å²) < 4.78 is 24.5. The summed E-state index contributed by atoms with van der Waals surface area (Å²) in [5, 5.41) is 3.22. The first-order valence-electron chi connectivity index (χ1n) is 7.27. The molecule has 20 heavy (non-hydrogen) atoms. The van der Waals surface area contributed by atoms with E-state index in [0.717, 1.165) is 25.3 Å². The summed E-state index contributed by atoms with van der Waals surface area (Å²) in [6, 6.07) is 5.15. The van der Waals surface area contributed by atoms with Crippen molar-refractivity contribution in [3.8, 4) is 0 Å². The first-order valence-corrected chi connectivity index (χ1v) is 7.27. The maximum Gasteiger partial charge on any atom is 0.128 e. The van der Waals surface area contributed by atoms with Crippen LogP contribution in [-0.2, 0) is 22.6 Å². The lowest BCUT2D eigenvalue weighted by molar-refractivity contribution is 0.0306. The molecule has 0 bridgehead atoms. The largest absolute Gasteiger partial charge is 0.379 e. The lowest BCUT2D eigenvalue weighted by Gasteiger charge is -2.09. The van der Waals surface area contributed by atoms with Crippen LogP contribution in [0.1, 0.15) is 31.9 Å². The van der Waals surface area contributed by atoms with Gasteiger partial charge in [0.15, 0.2) is 0 Å². The summed E-state index contributed by atoms with van der Waals surface area (Å²) >= 11 is 0. The van der Waals surface area contributed by atoms with Crippen molar-refractivity contribution in [2.24, 2.45) is 5.92 Å². The van der Waals surface area contributed by atoms with E-state index in [1.807, 2.05) is 13.0 Å². The molecule has 0 amide bonds. The third-order valence-electron chi connectivity index (χ3n) is 2.77. The normalized spacial score (nSPS) is 11.2. The third-order valence-corrected chi connectivity index (χ3v) is 2.77. The van der Waals surface area contributed by atoms with E-state index in [2.05, 4.69) is 19.2 Å². The van der Waals surface area contributed by atoms with Crippen molar-refractivity contribution >= 4 is 0 Å². The van der Waals surface area contributed by atoms with Gasteiger partial charge >= 0.3 is 0 Å². The van der Waals surface area contributed by atoms with Gasteiger partial charge in [0.05, 0.1) is 19.8 Å². The van der Waals surface area contributed by atoms with Crippen molar-refractivity contribution in [3.63, 3.8) is 0 Å². The Morgan fingerprint density at radius 2 is 1.95 bits per heavy atom. The molecule has 0 radical (unpaired) electrons. The van der Waals surface area contributed by atoms with Gasteiger partial charge < -0.3 is 14.8 Å². The molecule has 114 valence electrons. The van der Waals surface area contributed by atoms with Crippen molar-refractivity contribution in [1.29, 1.82) is 0 Å². The molecule has 0 aliphatic rings. The smallest absolute Gasteiger partial charge is 0.128 e. The Hall–Kier alpha value is -0.970. The van der Waals surface area contributed by atoms with Gasteiger partial charge in [0.2, 0.25) is 0 Å². The molecule has 0 heterocycles. The molecule has 1 aromatic carbocycles. The number of hydrogen-bond donors (Lipinski definition) is 1. The van der Waals surface area contributed by atoms with Crippen LogP contribution in [-0.4, -0.2) is 26.4 Å². The predicted octanol–water partition coefficient (Wildman–Crippen LogP) is 3.12. The first kappa shape index (κ1) is 17.1. The quantitative estimate of drug-likeness (QED) is 0.669. The molecule has 1 N–H and O–H groups in total. The number of rotatable bonds is 10. The minimum atomic E-state index is -0.214. The Bertz CT molecular complexity index is 383. The molecule has 4 heteroatoms. The highest BCUT2D eigenvalue weighted by molar-refractivity contribution is 5.24. The van der Waals surface area contributed by atoms with Crippen molar-refractivity contribution in [2.75, 3.05) is 26.4 Å². The second-order valence-electron chi connectivity index (χ2n) is 5.23. The van der Waals surface area contributed by atoms with Crippen molar-refractivity contribution < 1.29 is 13.9 Å². The van der Waals surface area contributed by atoms with E-state index in [1.165, 1.54) is 6.07 Å². The highest BCUT2D eigenvalue weighted by Crippen LogP contribution is 2.12. The van der Waals surface area contributed by atoms with Crippen LogP contribution in [0.5, 0.6) is 0 Å². The summed E-state index contributed by atoms with van der Waals surface area (Å²) in [6.07, 6.45) is 0. The molecule has 0 spiro atoms. The van der Waals surface area contributed by atoms with E-state index in [1.54, 1.807) is 6.07 Å². The first-order chi connectivity index (χ1) is 9.63. The fraction of sp³-hybridized carbons (Fsp3) is 0.625. The summed E-state index contributed by atoms with van der Waals surface area (Å²) in [5.41, 5.74) is 1.67. The Labute approximate surface area is 121 Å². The summed E-state index contributed by atoms with van der Waals surface area (Å²) in [5.74, 6) is 0.309. The van der Waals surface area contributed by atoms with Crippen LogP contribution in [0.15, 0.2) is 18.2 Å². The Morgan fingerprint density at radius 1 is 1.20 bits per heavy atom. The molecule has 3 nitrogen and oxygen atoms in total. The van der Waals surface area contributed by atoms with Crippen molar-refractivity contribution in [1.82, 2.24) is 5.32 Å². The van der Waals surface area contributed by atoms with Gasteiger partial charge in [-0.25, -0.2) is 4.39 Å². The monoisotopic (exact) mass is 283 g/mol. The van der Waals surface area contributed by atoms with E-state index in [-0.39, 0.29) is 12.4 Å². The van der Waals surface area contributed by atoms with Gasteiger partial charge in [0.25, 0.3) is 0 Å². The fourth-order valence-corrected chi connectivity index (χ4v) is 1.74. The van der Waals surface area contributed by atoms with E-state index in [0.29, 0.717) is 24.7 Å². The van der Waals surface area contributed by atoms with E-state index >= 15 is 0 Å². The average molecular weight is 283 g/mol. The van der Waals surface area contributed by atoms with E-state index in [4.69, 9.17) is 9.47 Å². The van der Waals surface area contributed by atoms with Gasteiger partial charge in [-0.1, -0.05) is 26.8 Å². The number of nitrogens with one attached hydrogen (secondary N) is 1. The van der Waals surface area contributed by atoms with Gasteiger partial charge in [0, 0.05) is 18.7 Å². The highest BCUT2D eigenvalue weighted by Gasteiger charge is 2.04. The second kappa shape index (κ2) is 9.86. The lowest BCUT2D eigenvalue weighted by atomic mass is 10.1. The number of benzene rings is 1. The summed E-state index contributed by atoms with van der Waals surface area (Å²) in [7, 11) is 0. The fourth-order valence-electron chi connectivity index (χ4n) is 1.74. The second-order valence-corrected chi connectivity index (χ2v) is 5.23. The molecule has 0 fully saturated rings. The lowest BCUT2D eigenvalue weighted by Crippen LogP contribution is -2.12. The molecule has 0 aliphatic heterocycles. The topological polar surface area (TPSA) is 30.5 Å². The third kappa shape index (κ3) is 6.98. The van der Waals surface area contributed by atoms with Crippen LogP contribution in [0.3, 0.4) is 0 Å². The minimum absolute atomic E-state index is 0.214.